The highest BCUT2D eigenvalue weighted by Crippen LogP contribution is 2.27. The first kappa shape index (κ1) is 26.8. The summed E-state index contributed by atoms with van der Waals surface area (Å²) in [5.74, 6) is -1.52. The van der Waals surface area contributed by atoms with Gasteiger partial charge in [-0.25, -0.2) is 14.4 Å². The normalized spacial score (nSPS) is 16.5. The lowest BCUT2D eigenvalue weighted by Gasteiger charge is -2.18. The van der Waals surface area contributed by atoms with Crippen LogP contribution in [0, 0.1) is 24.1 Å². The molecule has 1 aliphatic heterocycles. The number of benzene rings is 2. The van der Waals surface area contributed by atoms with Crippen molar-refractivity contribution in [3.05, 3.63) is 88.3 Å². The van der Waals surface area contributed by atoms with E-state index in [1.165, 1.54) is 32.3 Å². The third-order valence-electron chi connectivity index (χ3n) is 6.15. The van der Waals surface area contributed by atoms with Crippen LogP contribution in [-0.4, -0.2) is 55.1 Å². The Morgan fingerprint density at radius 1 is 1.13 bits per heavy atom. The van der Waals surface area contributed by atoms with Crippen LogP contribution in [0.15, 0.2) is 48.8 Å². The van der Waals surface area contributed by atoms with Gasteiger partial charge in [0.25, 0.3) is 11.8 Å². The van der Waals surface area contributed by atoms with Crippen LogP contribution in [0.3, 0.4) is 0 Å². The summed E-state index contributed by atoms with van der Waals surface area (Å²) in [4.78, 5) is 33.6. The number of quaternary nitrogens is 1. The fraction of sp³-hybridized carbons (Fsp3) is 0.240. The zero-order valence-corrected chi connectivity index (χ0v) is 21.6. The Balaban J connectivity index is 1.51. The van der Waals surface area contributed by atoms with Crippen molar-refractivity contribution in [1.82, 2.24) is 24.9 Å². The number of carbonyl (C=O) groups excluding carboxylic acids is 2. The fourth-order valence-electron chi connectivity index (χ4n) is 4.10. The number of carbonyl (C=O) groups is 2. The Labute approximate surface area is 219 Å². The summed E-state index contributed by atoms with van der Waals surface area (Å²) in [6.07, 6.45) is 1.09. The van der Waals surface area contributed by atoms with Crippen molar-refractivity contribution >= 4 is 27.7 Å². The molecule has 11 nitrogen and oxygen atoms in total. The predicted molar refractivity (Wildman–Crippen MR) is 134 cm³/mol. The van der Waals surface area contributed by atoms with Crippen LogP contribution in [0.2, 0.25) is 0 Å². The molecule has 1 unspecified atom stereocenters. The van der Waals surface area contributed by atoms with E-state index in [1.54, 1.807) is 31.2 Å². The van der Waals surface area contributed by atoms with Crippen LogP contribution < -0.4 is 14.9 Å². The van der Waals surface area contributed by atoms with E-state index in [2.05, 4.69) is 20.6 Å². The molecule has 13 heteroatoms. The lowest BCUT2D eigenvalue weighted by molar-refractivity contribution is -0.688. The first-order chi connectivity index (χ1) is 18.0. The second kappa shape index (κ2) is 10.6. The molecule has 0 bridgehead atoms. The molecule has 38 heavy (non-hydrogen) atoms. The molecule has 1 aromatic heterocycles. The molecule has 1 aliphatic rings. The van der Waals surface area contributed by atoms with Crippen LogP contribution in [-0.2, 0) is 16.8 Å². The number of nitriles is 1. The number of nitrogens with zero attached hydrogens (tertiary/aromatic N) is 4. The number of aromatic nitrogens is 2. The molecule has 0 saturated carbocycles. The lowest BCUT2D eigenvalue weighted by atomic mass is 10.1. The number of hydrogen-bond donors (Lipinski definition) is 3. The van der Waals surface area contributed by atoms with Gasteiger partial charge in [-0.2, -0.15) is 22.3 Å². The third-order valence-corrected chi connectivity index (χ3v) is 8.12. The molecule has 2 atom stereocenters. The molecular formula is C25H25FN7O4S+. The van der Waals surface area contributed by atoms with Crippen molar-refractivity contribution in [2.45, 2.75) is 19.5 Å². The SMILES string of the molecule is Cc1cc(CNC(=O)c2cc(C(=O)N[C@H]3C[NH+](S(=O)(=O)N(C)C)c4cc(C#N)ccc43)ncn2)ccc1F. The van der Waals surface area contributed by atoms with Crippen LogP contribution in [0.25, 0.3) is 0 Å². The van der Waals surface area contributed by atoms with Gasteiger partial charge in [0.15, 0.2) is 5.69 Å². The van der Waals surface area contributed by atoms with E-state index < -0.39 is 28.1 Å². The van der Waals surface area contributed by atoms with Gasteiger partial charge in [0, 0.05) is 38.3 Å². The minimum atomic E-state index is -3.81. The molecule has 0 fully saturated rings. The molecule has 2 aromatic carbocycles. The van der Waals surface area contributed by atoms with Crippen molar-refractivity contribution in [3.8, 4) is 6.07 Å². The Kier molecular flexibility index (Phi) is 7.49. The molecule has 196 valence electrons. The first-order valence-electron chi connectivity index (χ1n) is 11.5. The van der Waals surface area contributed by atoms with Crippen LogP contribution in [0.1, 0.15) is 49.3 Å². The van der Waals surface area contributed by atoms with Gasteiger partial charge in [0.2, 0.25) is 0 Å². The standard InChI is InChI=1S/C25H24FN7O4S/c1-15-8-17(5-7-19(15)26)12-28-24(34)20-10-21(30-14-29-20)25(35)31-22-13-33(38(36,37)32(2)3)23-9-16(11-27)4-6-18(22)23/h4-10,14,22H,12-13H2,1-3H3,(H,28,34)(H,31,35)/p+1/t22-/m0/s1. The van der Waals surface area contributed by atoms with Crippen molar-refractivity contribution in [1.29, 1.82) is 5.26 Å². The average Bonchev–Trinajstić information content (AvgIpc) is 3.27. The summed E-state index contributed by atoms with van der Waals surface area (Å²) in [7, 11) is -0.992. The highest BCUT2D eigenvalue weighted by atomic mass is 32.2. The zero-order valence-electron chi connectivity index (χ0n) is 20.8. The molecule has 4 rings (SSSR count). The van der Waals surface area contributed by atoms with E-state index in [9.17, 15) is 27.7 Å². The summed E-state index contributed by atoms with van der Waals surface area (Å²) in [5, 5.41) is 14.7. The summed E-state index contributed by atoms with van der Waals surface area (Å²) in [6, 6.07) is 11.7. The number of nitrogens with one attached hydrogen (secondary N) is 3. The summed E-state index contributed by atoms with van der Waals surface area (Å²) >= 11 is 0. The van der Waals surface area contributed by atoms with Crippen molar-refractivity contribution in [3.63, 3.8) is 0 Å². The Bertz CT molecular complexity index is 1570. The zero-order chi connectivity index (χ0) is 27.6. The second-order valence-corrected chi connectivity index (χ2v) is 11.1. The van der Waals surface area contributed by atoms with E-state index in [0.29, 0.717) is 27.9 Å². The molecule has 2 amide bonds. The summed E-state index contributed by atoms with van der Waals surface area (Å²) in [5.41, 5.74) is 2.25. The maximum Gasteiger partial charge on any atom is 0.375 e. The quantitative estimate of drug-likeness (QED) is 0.397. The molecule has 0 radical (unpaired) electrons. The average molecular weight is 539 g/mol. The molecule has 0 spiro atoms. The summed E-state index contributed by atoms with van der Waals surface area (Å²) in [6.45, 7) is 1.75. The fourth-order valence-corrected chi connectivity index (χ4v) is 5.37. The molecule has 0 aliphatic carbocycles. The minimum absolute atomic E-state index is 0.00795. The van der Waals surface area contributed by atoms with Crippen LogP contribution in [0.4, 0.5) is 10.1 Å². The maximum absolute atomic E-state index is 13.5. The number of rotatable bonds is 7. The second-order valence-electron chi connectivity index (χ2n) is 8.91. The van der Waals surface area contributed by atoms with Gasteiger partial charge >= 0.3 is 10.2 Å². The van der Waals surface area contributed by atoms with E-state index in [4.69, 9.17) is 0 Å². The smallest absolute Gasteiger partial charge is 0.347 e. The van der Waals surface area contributed by atoms with Gasteiger partial charge in [0.05, 0.1) is 11.6 Å². The van der Waals surface area contributed by atoms with Crippen molar-refractivity contribution in [2.24, 2.45) is 0 Å². The highest BCUT2D eigenvalue weighted by molar-refractivity contribution is 7.82. The number of amides is 2. The predicted octanol–water partition coefficient (Wildman–Crippen LogP) is 0.533. The van der Waals surface area contributed by atoms with Gasteiger partial charge in [-0.1, -0.05) is 12.1 Å². The van der Waals surface area contributed by atoms with Gasteiger partial charge in [-0.3, -0.25) is 9.59 Å². The Morgan fingerprint density at radius 3 is 2.50 bits per heavy atom. The summed E-state index contributed by atoms with van der Waals surface area (Å²) < 4.78 is 40.5. The highest BCUT2D eigenvalue weighted by Gasteiger charge is 2.43. The molecule has 3 N–H and O–H groups in total. The van der Waals surface area contributed by atoms with E-state index >= 15 is 0 Å². The van der Waals surface area contributed by atoms with Gasteiger partial charge < -0.3 is 10.6 Å². The van der Waals surface area contributed by atoms with E-state index in [-0.39, 0.29) is 34.6 Å². The lowest BCUT2D eigenvalue weighted by Crippen LogP contribution is -3.09. The molecular weight excluding hydrogens is 513 g/mol. The monoisotopic (exact) mass is 538 g/mol. The molecule has 0 saturated heterocycles. The van der Waals surface area contributed by atoms with Crippen LogP contribution in [0.5, 0.6) is 0 Å². The number of halogens is 1. The topological polar surface area (TPSA) is 150 Å². The van der Waals surface area contributed by atoms with E-state index in [1.807, 2.05) is 6.07 Å². The Morgan fingerprint density at radius 2 is 1.84 bits per heavy atom. The molecule has 3 aromatic rings. The first-order valence-corrected chi connectivity index (χ1v) is 12.9. The van der Waals surface area contributed by atoms with Gasteiger partial charge in [-0.15, -0.1) is 0 Å². The Hall–Kier alpha value is -4.25. The third kappa shape index (κ3) is 5.37. The van der Waals surface area contributed by atoms with Crippen molar-refractivity contribution in [2.75, 3.05) is 20.6 Å². The number of hydrogen-bond acceptors (Lipinski definition) is 7. The van der Waals surface area contributed by atoms with Crippen LogP contribution >= 0.6 is 0 Å². The minimum Gasteiger partial charge on any atom is -0.347 e. The maximum atomic E-state index is 13.5. The largest absolute Gasteiger partial charge is 0.375 e. The van der Waals surface area contributed by atoms with Gasteiger partial charge in [0.1, 0.15) is 36.1 Å². The molecule has 2 heterocycles. The number of fused-ring (bicyclic) bond motifs is 1. The number of aryl methyl sites for hydroxylation is 1. The van der Waals surface area contributed by atoms with Gasteiger partial charge in [-0.05, 0) is 36.2 Å². The van der Waals surface area contributed by atoms with E-state index in [0.717, 1.165) is 10.6 Å². The van der Waals surface area contributed by atoms with Crippen molar-refractivity contribution < 1.29 is 26.7 Å².